The number of aryl methyl sites for hydroxylation is 1. The van der Waals surface area contributed by atoms with Crippen LogP contribution in [0, 0.1) is 19.7 Å². The molecule has 0 bridgehead atoms. The molecule has 0 saturated carbocycles. The first-order valence-electron chi connectivity index (χ1n) is 10.8. The third kappa shape index (κ3) is 7.02. The summed E-state index contributed by atoms with van der Waals surface area (Å²) in [6.07, 6.45) is 1.78. The van der Waals surface area contributed by atoms with Gasteiger partial charge in [0.1, 0.15) is 18.4 Å². The van der Waals surface area contributed by atoms with Crippen LogP contribution in [0.1, 0.15) is 37.0 Å². The van der Waals surface area contributed by atoms with Crippen molar-refractivity contribution < 1.29 is 22.4 Å². The van der Waals surface area contributed by atoms with Crippen molar-refractivity contribution in [3.8, 4) is 0 Å². The highest BCUT2D eigenvalue weighted by atomic mass is 32.2. The number of carbonyl (C=O) groups excluding carboxylic acids is 2. The normalized spacial score (nSPS) is 12.2. The second-order valence-electron chi connectivity index (χ2n) is 8.10. The summed E-state index contributed by atoms with van der Waals surface area (Å²) in [5.74, 6) is -1.29. The molecule has 2 rings (SSSR count). The summed E-state index contributed by atoms with van der Waals surface area (Å²) in [4.78, 5) is 27.4. The molecule has 0 saturated heterocycles. The molecular formula is C24H32FN3O4S. The highest BCUT2D eigenvalue weighted by Gasteiger charge is 2.30. The number of nitrogens with zero attached hydrogens (tertiary/aromatic N) is 2. The zero-order chi connectivity index (χ0) is 24.8. The van der Waals surface area contributed by atoms with Gasteiger partial charge in [-0.1, -0.05) is 31.2 Å². The molecule has 33 heavy (non-hydrogen) atoms. The zero-order valence-electron chi connectivity index (χ0n) is 19.8. The van der Waals surface area contributed by atoms with Gasteiger partial charge < -0.3 is 10.2 Å². The minimum atomic E-state index is -3.79. The average molecular weight is 478 g/mol. The second-order valence-corrected chi connectivity index (χ2v) is 10.0. The lowest BCUT2D eigenvalue weighted by Gasteiger charge is -2.32. The summed E-state index contributed by atoms with van der Waals surface area (Å²) in [5, 5.41) is 2.77. The Balaban J connectivity index is 2.40. The van der Waals surface area contributed by atoms with Crippen molar-refractivity contribution >= 4 is 27.5 Å². The van der Waals surface area contributed by atoms with Gasteiger partial charge in [0.05, 0.1) is 11.9 Å². The van der Waals surface area contributed by atoms with Gasteiger partial charge in [0.25, 0.3) is 0 Å². The lowest BCUT2D eigenvalue weighted by molar-refractivity contribution is -0.139. The maximum atomic E-state index is 13.4. The molecule has 9 heteroatoms. The van der Waals surface area contributed by atoms with E-state index in [0.717, 1.165) is 28.1 Å². The summed E-state index contributed by atoms with van der Waals surface area (Å²) in [6, 6.07) is 10.0. The van der Waals surface area contributed by atoms with Crippen LogP contribution in [0.2, 0.25) is 0 Å². The Bertz CT molecular complexity index is 1090. The van der Waals surface area contributed by atoms with E-state index >= 15 is 0 Å². The summed E-state index contributed by atoms with van der Waals surface area (Å²) >= 11 is 0. The molecule has 2 amide bonds. The van der Waals surface area contributed by atoms with Crippen molar-refractivity contribution in [1.29, 1.82) is 0 Å². The van der Waals surface area contributed by atoms with E-state index < -0.39 is 34.3 Å². The second kappa shape index (κ2) is 11.3. The Morgan fingerprint density at radius 2 is 1.73 bits per heavy atom. The highest BCUT2D eigenvalue weighted by Crippen LogP contribution is 2.25. The van der Waals surface area contributed by atoms with Crippen molar-refractivity contribution in [2.24, 2.45) is 0 Å². The molecule has 0 aliphatic heterocycles. The monoisotopic (exact) mass is 477 g/mol. The summed E-state index contributed by atoms with van der Waals surface area (Å²) in [5.41, 5.74) is 2.67. The summed E-state index contributed by atoms with van der Waals surface area (Å²) in [7, 11) is -3.79. The lowest BCUT2D eigenvalue weighted by atomic mass is 10.1. The van der Waals surface area contributed by atoms with E-state index in [-0.39, 0.29) is 12.5 Å². The van der Waals surface area contributed by atoms with Crippen LogP contribution in [0.4, 0.5) is 10.1 Å². The molecule has 0 aliphatic rings. The van der Waals surface area contributed by atoms with Gasteiger partial charge in [-0.2, -0.15) is 0 Å². The predicted molar refractivity (Wildman–Crippen MR) is 128 cm³/mol. The van der Waals surface area contributed by atoms with Crippen LogP contribution in [0.3, 0.4) is 0 Å². The quantitative estimate of drug-likeness (QED) is 0.570. The number of hydrogen-bond donors (Lipinski definition) is 1. The molecule has 2 aromatic carbocycles. The smallest absolute Gasteiger partial charge is 0.244 e. The number of nitrogens with one attached hydrogen (secondary N) is 1. The minimum Gasteiger partial charge on any atom is -0.354 e. The van der Waals surface area contributed by atoms with E-state index in [1.165, 1.54) is 29.2 Å². The molecule has 7 nitrogen and oxygen atoms in total. The van der Waals surface area contributed by atoms with E-state index in [9.17, 15) is 22.4 Å². The fourth-order valence-corrected chi connectivity index (χ4v) is 4.27. The van der Waals surface area contributed by atoms with E-state index in [1.54, 1.807) is 26.0 Å². The van der Waals surface area contributed by atoms with Crippen LogP contribution in [0.15, 0.2) is 42.5 Å². The standard InChI is InChI=1S/C24H32FN3O4S/c1-6-14-26-24(30)19(4)27(15-20-10-12-21(25)13-11-20)23(29)16-28(33(5,31)32)22-9-7-8-17(2)18(22)3/h7-13,19H,6,14-16H2,1-5H3,(H,26,30)/t19-/m1/s1. The van der Waals surface area contributed by atoms with E-state index in [2.05, 4.69) is 5.32 Å². The van der Waals surface area contributed by atoms with Gasteiger partial charge in [0.15, 0.2) is 0 Å². The number of anilines is 1. The molecule has 0 fully saturated rings. The Kier molecular flexibility index (Phi) is 8.99. The predicted octanol–water partition coefficient (Wildman–Crippen LogP) is 3.15. The maximum absolute atomic E-state index is 13.4. The first-order chi connectivity index (χ1) is 15.5. The van der Waals surface area contributed by atoms with Crippen molar-refractivity contribution in [3.63, 3.8) is 0 Å². The number of rotatable bonds is 10. The van der Waals surface area contributed by atoms with Gasteiger partial charge >= 0.3 is 0 Å². The molecule has 1 N–H and O–H groups in total. The average Bonchev–Trinajstić information content (AvgIpc) is 2.76. The molecular weight excluding hydrogens is 445 g/mol. The molecule has 0 aromatic heterocycles. The highest BCUT2D eigenvalue weighted by molar-refractivity contribution is 7.92. The van der Waals surface area contributed by atoms with Gasteiger partial charge in [0.2, 0.25) is 21.8 Å². The Labute approximate surface area is 195 Å². The van der Waals surface area contributed by atoms with Crippen LogP contribution in [0.25, 0.3) is 0 Å². The van der Waals surface area contributed by atoms with Crippen molar-refractivity contribution in [2.45, 2.75) is 46.7 Å². The van der Waals surface area contributed by atoms with Crippen LogP contribution in [-0.2, 0) is 26.2 Å². The number of carbonyl (C=O) groups is 2. The minimum absolute atomic E-state index is 0.0320. The first kappa shape index (κ1) is 26.3. The Morgan fingerprint density at radius 1 is 1.09 bits per heavy atom. The van der Waals surface area contributed by atoms with E-state index in [4.69, 9.17) is 0 Å². The largest absolute Gasteiger partial charge is 0.354 e. The fraction of sp³-hybridized carbons (Fsp3) is 0.417. The van der Waals surface area contributed by atoms with E-state index in [1.807, 2.05) is 19.9 Å². The van der Waals surface area contributed by atoms with Gasteiger partial charge in [-0.25, -0.2) is 12.8 Å². The third-order valence-corrected chi connectivity index (χ3v) is 6.63. The van der Waals surface area contributed by atoms with Gasteiger partial charge in [-0.05, 0) is 62.1 Å². The maximum Gasteiger partial charge on any atom is 0.244 e. The van der Waals surface area contributed by atoms with Crippen LogP contribution in [-0.4, -0.2) is 50.5 Å². The topological polar surface area (TPSA) is 86.8 Å². The zero-order valence-corrected chi connectivity index (χ0v) is 20.6. The number of benzene rings is 2. The number of sulfonamides is 1. The SMILES string of the molecule is CCCNC(=O)[C@@H](C)N(Cc1ccc(F)cc1)C(=O)CN(c1cccc(C)c1C)S(C)(=O)=O. The molecule has 0 spiro atoms. The molecule has 0 radical (unpaired) electrons. The fourth-order valence-electron chi connectivity index (χ4n) is 3.37. The molecule has 180 valence electrons. The lowest BCUT2D eigenvalue weighted by Crippen LogP contribution is -2.51. The Hall–Kier alpha value is -2.94. The van der Waals surface area contributed by atoms with Crippen LogP contribution < -0.4 is 9.62 Å². The van der Waals surface area contributed by atoms with Crippen LogP contribution >= 0.6 is 0 Å². The number of hydrogen-bond acceptors (Lipinski definition) is 4. The summed E-state index contributed by atoms with van der Waals surface area (Å²) < 4.78 is 39.7. The van der Waals surface area contributed by atoms with Crippen molar-refractivity contribution in [1.82, 2.24) is 10.2 Å². The third-order valence-electron chi connectivity index (χ3n) is 5.51. The van der Waals surface area contributed by atoms with Gasteiger partial charge in [-0.3, -0.25) is 13.9 Å². The first-order valence-corrected chi connectivity index (χ1v) is 12.7. The van der Waals surface area contributed by atoms with Crippen molar-refractivity contribution in [2.75, 3.05) is 23.7 Å². The number of amides is 2. The summed E-state index contributed by atoms with van der Waals surface area (Å²) in [6.45, 7) is 7.20. The molecule has 0 unspecified atom stereocenters. The van der Waals surface area contributed by atoms with Crippen molar-refractivity contribution in [3.05, 3.63) is 65.0 Å². The molecule has 1 atom stereocenters. The van der Waals surface area contributed by atoms with Gasteiger partial charge in [0, 0.05) is 13.1 Å². The Morgan fingerprint density at radius 3 is 2.30 bits per heavy atom. The van der Waals surface area contributed by atoms with Gasteiger partial charge in [-0.15, -0.1) is 0 Å². The number of halogens is 1. The molecule has 0 aliphatic carbocycles. The molecule has 2 aromatic rings. The van der Waals surface area contributed by atoms with Crippen LogP contribution in [0.5, 0.6) is 0 Å². The molecule has 0 heterocycles. The van der Waals surface area contributed by atoms with E-state index in [0.29, 0.717) is 17.8 Å².